The normalized spacial score (nSPS) is 20.0. The van der Waals surface area contributed by atoms with Crippen molar-refractivity contribution in [3.8, 4) is 0 Å². The highest BCUT2D eigenvalue weighted by atomic mass is 32.2. The number of hydrogen-bond acceptors (Lipinski definition) is 4. The molecule has 1 aliphatic rings. The molecule has 6 heteroatoms. The Morgan fingerprint density at radius 1 is 1.29 bits per heavy atom. The number of hydrogen-bond donors (Lipinski definition) is 0. The fourth-order valence-corrected chi connectivity index (χ4v) is 5.86. The second-order valence-electron chi connectivity index (χ2n) is 5.13. The van der Waals surface area contributed by atoms with Crippen molar-refractivity contribution in [2.45, 2.75) is 36.4 Å². The van der Waals surface area contributed by atoms with Gasteiger partial charge < -0.3 is 0 Å². The summed E-state index contributed by atoms with van der Waals surface area (Å²) in [5, 5.41) is 0. The Balaban J connectivity index is 1.94. The first-order valence-electron chi connectivity index (χ1n) is 7.13. The first-order chi connectivity index (χ1) is 10.1. The number of aromatic nitrogens is 1. The lowest BCUT2D eigenvalue weighted by atomic mass is 10.1. The molecular formula is C15H18N2O2S2. The van der Waals surface area contributed by atoms with E-state index in [1.165, 1.54) is 11.3 Å². The van der Waals surface area contributed by atoms with Crippen LogP contribution in [0.15, 0.2) is 40.9 Å². The van der Waals surface area contributed by atoms with E-state index in [9.17, 15) is 8.42 Å². The quantitative estimate of drug-likeness (QED) is 0.868. The fraction of sp³-hybridized carbons (Fsp3) is 0.400. The second-order valence-corrected chi connectivity index (χ2v) is 8.41. The van der Waals surface area contributed by atoms with Crippen molar-refractivity contribution in [3.63, 3.8) is 0 Å². The third-order valence-electron chi connectivity index (χ3n) is 3.84. The van der Waals surface area contributed by atoms with Crippen LogP contribution in [-0.2, 0) is 16.4 Å². The summed E-state index contributed by atoms with van der Waals surface area (Å²) in [6, 6.07) is 7.40. The number of thiophene rings is 1. The maximum absolute atomic E-state index is 12.9. The average Bonchev–Trinajstić information content (AvgIpc) is 3.17. The lowest BCUT2D eigenvalue weighted by molar-refractivity contribution is 0.397. The monoisotopic (exact) mass is 322 g/mol. The Labute approximate surface area is 129 Å². The van der Waals surface area contributed by atoms with Crippen molar-refractivity contribution in [1.29, 1.82) is 0 Å². The SMILES string of the molecule is CCc1ccc(S(=O)(=O)N2CCCC2c2ccncc2)s1. The third kappa shape index (κ3) is 2.75. The summed E-state index contributed by atoms with van der Waals surface area (Å²) in [5.74, 6) is 0. The summed E-state index contributed by atoms with van der Waals surface area (Å²) >= 11 is 1.38. The predicted molar refractivity (Wildman–Crippen MR) is 83.8 cm³/mol. The molecule has 1 saturated heterocycles. The Kier molecular flexibility index (Phi) is 4.10. The molecule has 3 heterocycles. The molecule has 0 bridgehead atoms. The Morgan fingerprint density at radius 3 is 2.71 bits per heavy atom. The van der Waals surface area contributed by atoms with Crippen LogP contribution < -0.4 is 0 Å². The molecule has 4 nitrogen and oxygen atoms in total. The average molecular weight is 322 g/mol. The van der Waals surface area contributed by atoms with E-state index in [0.29, 0.717) is 10.8 Å². The highest BCUT2D eigenvalue weighted by molar-refractivity contribution is 7.91. The molecule has 2 aromatic rings. The van der Waals surface area contributed by atoms with Gasteiger partial charge in [-0.2, -0.15) is 4.31 Å². The second kappa shape index (κ2) is 5.87. The van der Waals surface area contributed by atoms with Crippen LogP contribution in [0.5, 0.6) is 0 Å². The van der Waals surface area contributed by atoms with E-state index in [2.05, 4.69) is 4.98 Å². The number of aryl methyl sites for hydroxylation is 1. The zero-order valence-electron chi connectivity index (χ0n) is 11.9. The summed E-state index contributed by atoms with van der Waals surface area (Å²) in [6.07, 6.45) is 6.08. The van der Waals surface area contributed by atoms with Crippen LogP contribution in [0.1, 0.15) is 36.2 Å². The largest absolute Gasteiger partial charge is 0.265 e. The highest BCUT2D eigenvalue weighted by Crippen LogP contribution is 2.37. The van der Waals surface area contributed by atoms with E-state index in [4.69, 9.17) is 0 Å². The van der Waals surface area contributed by atoms with Gasteiger partial charge >= 0.3 is 0 Å². The van der Waals surface area contributed by atoms with Gasteiger partial charge in [0.05, 0.1) is 6.04 Å². The van der Waals surface area contributed by atoms with Crippen molar-refractivity contribution in [2.24, 2.45) is 0 Å². The van der Waals surface area contributed by atoms with Crippen molar-refractivity contribution in [1.82, 2.24) is 9.29 Å². The van der Waals surface area contributed by atoms with E-state index < -0.39 is 10.0 Å². The van der Waals surface area contributed by atoms with Gasteiger partial charge in [0, 0.05) is 23.8 Å². The smallest absolute Gasteiger partial charge is 0.253 e. The van der Waals surface area contributed by atoms with Gasteiger partial charge in [-0.25, -0.2) is 8.42 Å². The van der Waals surface area contributed by atoms with Gasteiger partial charge in [0.1, 0.15) is 4.21 Å². The van der Waals surface area contributed by atoms with E-state index in [0.717, 1.165) is 29.7 Å². The van der Waals surface area contributed by atoms with Crippen LogP contribution in [0.4, 0.5) is 0 Å². The predicted octanol–water partition coefficient (Wildman–Crippen LogP) is 3.23. The van der Waals surface area contributed by atoms with Gasteiger partial charge in [-0.15, -0.1) is 11.3 Å². The van der Waals surface area contributed by atoms with Crippen molar-refractivity contribution in [3.05, 3.63) is 47.1 Å². The molecule has 0 spiro atoms. The molecule has 1 unspecified atom stereocenters. The minimum absolute atomic E-state index is 0.0647. The van der Waals surface area contributed by atoms with Gasteiger partial charge in [-0.3, -0.25) is 4.98 Å². The van der Waals surface area contributed by atoms with Crippen LogP contribution in [0.25, 0.3) is 0 Å². The summed E-state index contributed by atoms with van der Waals surface area (Å²) in [5.41, 5.74) is 1.03. The molecule has 0 N–H and O–H groups in total. The zero-order chi connectivity index (χ0) is 14.9. The summed E-state index contributed by atoms with van der Waals surface area (Å²) in [7, 11) is -3.39. The maximum atomic E-state index is 12.9. The van der Waals surface area contributed by atoms with Crippen LogP contribution in [0.2, 0.25) is 0 Å². The summed E-state index contributed by atoms with van der Waals surface area (Å²) in [4.78, 5) is 5.12. The van der Waals surface area contributed by atoms with Gasteiger partial charge in [-0.05, 0) is 49.1 Å². The molecule has 0 aliphatic carbocycles. The molecule has 0 saturated carbocycles. The molecule has 21 heavy (non-hydrogen) atoms. The molecule has 0 aromatic carbocycles. The van der Waals surface area contributed by atoms with Crippen molar-refractivity contribution in [2.75, 3.05) is 6.54 Å². The molecular weight excluding hydrogens is 304 g/mol. The molecule has 2 aromatic heterocycles. The number of pyridine rings is 1. The number of rotatable bonds is 4. The van der Waals surface area contributed by atoms with Crippen LogP contribution in [0.3, 0.4) is 0 Å². The Morgan fingerprint density at radius 2 is 2.05 bits per heavy atom. The lowest BCUT2D eigenvalue weighted by Gasteiger charge is -2.23. The van der Waals surface area contributed by atoms with Crippen LogP contribution >= 0.6 is 11.3 Å². The maximum Gasteiger partial charge on any atom is 0.253 e. The molecule has 1 aliphatic heterocycles. The van der Waals surface area contributed by atoms with Crippen LogP contribution in [-0.4, -0.2) is 24.3 Å². The lowest BCUT2D eigenvalue weighted by Crippen LogP contribution is -2.30. The molecule has 3 rings (SSSR count). The fourth-order valence-electron chi connectivity index (χ4n) is 2.75. The molecule has 1 fully saturated rings. The molecule has 1 atom stereocenters. The minimum atomic E-state index is -3.39. The zero-order valence-corrected chi connectivity index (χ0v) is 13.5. The standard InChI is InChI=1S/C15H18N2O2S2/c1-2-13-5-6-15(20-13)21(18,19)17-11-3-4-14(17)12-7-9-16-10-8-12/h5-10,14H,2-4,11H2,1H3. The number of nitrogens with zero attached hydrogens (tertiary/aromatic N) is 2. The summed E-state index contributed by atoms with van der Waals surface area (Å²) in [6.45, 7) is 2.63. The van der Waals surface area contributed by atoms with E-state index >= 15 is 0 Å². The molecule has 0 amide bonds. The Hall–Kier alpha value is -1.24. The van der Waals surface area contributed by atoms with E-state index in [1.54, 1.807) is 22.8 Å². The van der Waals surface area contributed by atoms with Gasteiger partial charge in [0.15, 0.2) is 0 Å². The van der Waals surface area contributed by atoms with E-state index in [-0.39, 0.29) is 6.04 Å². The first-order valence-corrected chi connectivity index (χ1v) is 9.39. The minimum Gasteiger partial charge on any atom is -0.265 e. The van der Waals surface area contributed by atoms with E-state index in [1.807, 2.05) is 25.1 Å². The third-order valence-corrected chi connectivity index (χ3v) is 7.45. The highest BCUT2D eigenvalue weighted by Gasteiger charge is 2.36. The summed E-state index contributed by atoms with van der Waals surface area (Å²) < 4.78 is 27.8. The first kappa shape index (κ1) is 14.7. The van der Waals surface area contributed by atoms with Crippen molar-refractivity contribution >= 4 is 21.4 Å². The van der Waals surface area contributed by atoms with Gasteiger partial charge in [0.2, 0.25) is 0 Å². The van der Waals surface area contributed by atoms with Gasteiger partial charge in [-0.1, -0.05) is 6.92 Å². The number of sulfonamides is 1. The Bertz CT molecular complexity index is 710. The van der Waals surface area contributed by atoms with Crippen molar-refractivity contribution < 1.29 is 8.42 Å². The van der Waals surface area contributed by atoms with Crippen LogP contribution in [0, 0.1) is 0 Å². The topological polar surface area (TPSA) is 50.3 Å². The van der Waals surface area contributed by atoms with Gasteiger partial charge in [0.25, 0.3) is 10.0 Å². The molecule has 112 valence electrons. The molecule has 0 radical (unpaired) electrons.